The number of para-hydroxylation sites is 3. The summed E-state index contributed by atoms with van der Waals surface area (Å²) >= 11 is 0. The van der Waals surface area contributed by atoms with E-state index in [1.54, 1.807) is 14.2 Å². The molecular formula is C30H32O4. The molecule has 4 aromatic rings. The number of methoxy groups -OCH3 is 2. The molecule has 34 heavy (non-hydrogen) atoms. The highest BCUT2D eigenvalue weighted by Gasteiger charge is 2.15. The van der Waals surface area contributed by atoms with Gasteiger partial charge in [-0.25, -0.2) is 0 Å². The van der Waals surface area contributed by atoms with Crippen molar-refractivity contribution in [3.8, 4) is 23.0 Å². The van der Waals surface area contributed by atoms with E-state index < -0.39 is 0 Å². The van der Waals surface area contributed by atoms with Crippen LogP contribution in [0.25, 0.3) is 10.8 Å². The van der Waals surface area contributed by atoms with Crippen molar-refractivity contribution in [2.24, 2.45) is 0 Å². The van der Waals surface area contributed by atoms with E-state index in [0.29, 0.717) is 30.6 Å². The number of hydrogen-bond acceptors (Lipinski definition) is 4. The summed E-state index contributed by atoms with van der Waals surface area (Å²) in [4.78, 5) is 0. The van der Waals surface area contributed by atoms with Gasteiger partial charge >= 0.3 is 0 Å². The maximum Gasteiger partial charge on any atom is 0.169 e. The van der Waals surface area contributed by atoms with Gasteiger partial charge in [0.25, 0.3) is 0 Å². The lowest BCUT2D eigenvalue weighted by atomic mass is 9.96. The highest BCUT2D eigenvalue weighted by atomic mass is 16.5. The Kier molecular flexibility index (Phi) is 7.84. The lowest BCUT2D eigenvalue weighted by Gasteiger charge is -2.17. The smallest absolute Gasteiger partial charge is 0.169 e. The maximum absolute atomic E-state index is 6.41. The van der Waals surface area contributed by atoms with Crippen LogP contribution in [0.3, 0.4) is 0 Å². The first kappa shape index (κ1) is 23.8. The predicted molar refractivity (Wildman–Crippen MR) is 137 cm³/mol. The average Bonchev–Trinajstić information content (AvgIpc) is 2.86. The van der Waals surface area contributed by atoms with Gasteiger partial charge in [0.05, 0.1) is 13.2 Å². The summed E-state index contributed by atoms with van der Waals surface area (Å²) in [5.41, 5.74) is 3.27. The molecule has 0 N–H and O–H groups in total. The molecule has 0 aliphatic carbocycles. The first-order valence-electron chi connectivity index (χ1n) is 11.7. The molecule has 0 saturated carbocycles. The fourth-order valence-corrected chi connectivity index (χ4v) is 4.01. The highest BCUT2D eigenvalue weighted by Crippen LogP contribution is 2.38. The number of fused-ring (bicyclic) bond motifs is 1. The molecule has 0 radical (unpaired) electrons. The first-order valence-corrected chi connectivity index (χ1v) is 11.7. The van der Waals surface area contributed by atoms with Crippen LogP contribution in [-0.2, 0) is 22.7 Å². The molecule has 0 aliphatic heterocycles. The largest absolute Gasteiger partial charge is 0.453 e. The van der Waals surface area contributed by atoms with Crippen molar-refractivity contribution in [3.05, 3.63) is 95.6 Å². The molecule has 4 aromatic carbocycles. The Hall–Kier alpha value is -3.34. The van der Waals surface area contributed by atoms with Gasteiger partial charge in [0, 0.05) is 25.3 Å². The minimum atomic E-state index is 0.444. The molecule has 4 heteroatoms. The zero-order valence-electron chi connectivity index (χ0n) is 20.3. The third kappa shape index (κ3) is 5.41. The average molecular weight is 457 g/mol. The van der Waals surface area contributed by atoms with Gasteiger partial charge in [-0.05, 0) is 52.9 Å². The summed E-state index contributed by atoms with van der Waals surface area (Å²) in [6, 6.07) is 26.5. The standard InChI is InChI=1S/C30H32O4/c1-5-21(2)22-13-14-24-18-27(16-15-23(24)17-22)33-28-11-6-7-12-29(28)34-30-25(19-31-3)9-8-10-26(30)20-32-4/h6-18,21H,5,19-20H2,1-4H3. The van der Waals surface area contributed by atoms with Gasteiger partial charge in [0.1, 0.15) is 11.5 Å². The lowest BCUT2D eigenvalue weighted by molar-refractivity contribution is 0.175. The number of hydrogen-bond donors (Lipinski definition) is 0. The van der Waals surface area contributed by atoms with Crippen molar-refractivity contribution in [1.82, 2.24) is 0 Å². The second-order valence-corrected chi connectivity index (χ2v) is 8.50. The van der Waals surface area contributed by atoms with E-state index in [2.05, 4.69) is 44.2 Å². The number of rotatable bonds is 10. The van der Waals surface area contributed by atoms with Crippen LogP contribution in [0.15, 0.2) is 78.9 Å². The van der Waals surface area contributed by atoms with Gasteiger partial charge in [0.2, 0.25) is 0 Å². The van der Waals surface area contributed by atoms with Crippen LogP contribution in [0.5, 0.6) is 23.0 Å². The molecule has 0 aliphatic rings. The van der Waals surface area contributed by atoms with Gasteiger partial charge in [-0.2, -0.15) is 0 Å². The maximum atomic E-state index is 6.41. The molecule has 1 atom stereocenters. The molecular weight excluding hydrogens is 424 g/mol. The zero-order chi connectivity index (χ0) is 23.9. The molecule has 0 fully saturated rings. The van der Waals surface area contributed by atoms with Crippen LogP contribution >= 0.6 is 0 Å². The molecule has 0 amide bonds. The SMILES string of the molecule is CCC(C)c1ccc2cc(Oc3ccccc3Oc3c(COC)cccc3COC)ccc2c1. The van der Waals surface area contributed by atoms with Crippen molar-refractivity contribution in [3.63, 3.8) is 0 Å². The molecule has 0 aromatic heterocycles. The summed E-state index contributed by atoms with van der Waals surface area (Å²) in [5.74, 6) is 3.33. The molecule has 4 rings (SSSR count). The van der Waals surface area contributed by atoms with E-state index in [4.69, 9.17) is 18.9 Å². The topological polar surface area (TPSA) is 36.9 Å². The first-order chi connectivity index (χ1) is 16.6. The summed E-state index contributed by atoms with van der Waals surface area (Å²) < 4.78 is 23.5. The molecule has 4 nitrogen and oxygen atoms in total. The van der Waals surface area contributed by atoms with Crippen molar-refractivity contribution < 1.29 is 18.9 Å². The third-order valence-corrected chi connectivity index (χ3v) is 6.08. The molecule has 0 heterocycles. The predicted octanol–water partition coefficient (Wildman–Crippen LogP) is 8.23. The molecule has 0 saturated heterocycles. The van der Waals surface area contributed by atoms with Crippen molar-refractivity contribution in [2.45, 2.75) is 39.4 Å². The monoisotopic (exact) mass is 456 g/mol. The molecule has 0 spiro atoms. The van der Waals surface area contributed by atoms with Gasteiger partial charge < -0.3 is 18.9 Å². The van der Waals surface area contributed by atoms with Crippen LogP contribution in [0, 0.1) is 0 Å². The van der Waals surface area contributed by atoms with Crippen LogP contribution in [0.2, 0.25) is 0 Å². The Morgan fingerprint density at radius 1 is 0.676 bits per heavy atom. The lowest BCUT2D eigenvalue weighted by Crippen LogP contribution is -2.00. The normalized spacial score (nSPS) is 12.0. The van der Waals surface area contributed by atoms with E-state index in [9.17, 15) is 0 Å². The Bertz CT molecular complexity index is 1220. The summed E-state index contributed by atoms with van der Waals surface area (Å²) in [5, 5.41) is 2.36. The third-order valence-electron chi connectivity index (χ3n) is 6.08. The Labute approximate surface area is 202 Å². The number of ether oxygens (including phenoxy) is 4. The second-order valence-electron chi connectivity index (χ2n) is 8.50. The van der Waals surface area contributed by atoms with Crippen molar-refractivity contribution in [2.75, 3.05) is 14.2 Å². The van der Waals surface area contributed by atoms with E-state index >= 15 is 0 Å². The van der Waals surface area contributed by atoms with Gasteiger partial charge in [-0.15, -0.1) is 0 Å². The summed E-state index contributed by atoms with van der Waals surface area (Å²) in [6.45, 7) is 5.37. The zero-order valence-corrected chi connectivity index (χ0v) is 20.3. The van der Waals surface area contributed by atoms with Crippen LogP contribution in [-0.4, -0.2) is 14.2 Å². The van der Waals surface area contributed by atoms with E-state index in [1.165, 1.54) is 10.9 Å². The Balaban J connectivity index is 1.63. The van der Waals surface area contributed by atoms with Crippen LogP contribution in [0.4, 0.5) is 0 Å². The van der Waals surface area contributed by atoms with E-state index in [-0.39, 0.29) is 0 Å². The van der Waals surface area contributed by atoms with Gasteiger partial charge in [-0.3, -0.25) is 0 Å². The Morgan fingerprint density at radius 2 is 1.29 bits per heavy atom. The van der Waals surface area contributed by atoms with Gasteiger partial charge in [-0.1, -0.05) is 68.4 Å². The molecule has 0 bridgehead atoms. The minimum Gasteiger partial charge on any atom is -0.453 e. The van der Waals surface area contributed by atoms with E-state index in [0.717, 1.165) is 34.4 Å². The Morgan fingerprint density at radius 3 is 1.94 bits per heavy atom. The quantitative estimate of drug-likeness (QED) is 0.241. The van der Waals surface area contributed by atoms with Crippen molar-refractivity contribution in [1.29, 1.82) is 0 Å². The summed E-state index contributed by atoms with van der Waals surface area (Å²) in [6.07, 6.45) is 1.13. The minimum absolute atomic E-state index is 0.444. The fraction of sp³-hybridized carbons (Fsp3) is 0.267. The van der Waals surface area contributed by atoms with Gasteiger partial charge in [0.15, 0.2) is 11.5 Å². The number of benzene rings is 4. The van der Waals surface area contributed by atoms with Crippen LogP contribution in [0.1, 0.15) is 42.9 Å². The summed E-state index contributed by atoms with van der Waals surface area (Å²) in [7, 11) is 3.35. The van der Waals surface area contributed by atoms with Crippen molar-refractivity contribution >= 4 is 10.8 Å². The molecule has 176 valence electrons. The fourth-order valence-electron chi connectivity index (χ4n) is 4.01. The van der Waals surface area contributed by atoms with Crippen LogP contribution < -0.4 is 9.47 Å². The molecule has 1 unspecified atom stereocenters. The highest BCUT2D eigenvalue weighted by molar-refractivity contribution is 5.84. The second kappa shape index (κ2) is 11.2. The van der Waals surface area contributed by atoms with E-state index in [1.807, 2.05) is 48.5 Å².